The molecule has 2 aliphatic rings. The van der Waals surface area contributed by atoms with Crippen molar-refractivity contribution >= 4 is 34.2 Å². The molecule has 3 amide bonds. The van der Waals surface area contributed by atoms with E-state index in [1.54, 1.807) is 0 Å². The first-order valence-corrected chi connectivity index (χ1v) is 11.0. The van der Waals surface area contributed by atoms with E-state index >= 15 is 0 Å². The normalized spacial score (nSPS) is 26.2. The van der Waals surface area contributed by atoms with Crippen LogP contribution in [0.3, 0.4) is 0 Å². The van der Waals surface area contributed by atoms with Gasteiger partial charge in [-0.05, 0) is 31.1 Å². The quantitative estimate of drug-likeness (QED) is 0.699. The van der Waals surface area contributed by atoms with Crippen molar-refractivity contribution in [2.24, 2.45) is 16.7 Å². The first-order valence-electron chi connectivity index (χ1n) is 10.1. The maximum atomic E-state index is 13.0. The van der Waals surface area contributed by atoms with Crippen molar-refractivity contribution in [2.75, 3.05) is 11.9 Å². The molecular weight excluding hydrogens is 376 g/mol. The topological polar surface area (TPSA) is 92.3 Å². The molecule has 2 fully saturated rings. The van der Waals surface area contributed by atoms with E-state index < -0.39 is 5.41 Å². The van der Waals surface area contributed by atoms with Crippen molar-refractivity contribution in [3.8, 4) is 0 Å². The molecule has 0 aromatic carbocycles. The Bertz CT molecular complexity index is 786. The van der Waals surface area contributed by atoms with Crippen LogP contribution in [-0.4, -0.2) is 39.4 Å². The van der Waals surface area contributed by atoms with Crippen LogP contribution in [0, 0.1) is 16.7 Å². The van der Waals surface area contributed by atoms with E-state index in [4.69, 9.17) is 0 Å². The van der Waals surface area contributed by atoms with Crippen molar-refractivity contribution in [3.63, 3.8) is 0 Å². The Hall–Kier alpha value is -1.83. The molecule has 28 heavy (non-hydrogen) atoms. The van der Waals surface area contributed by atoms with Gasteiger partial charge in [-0.3, -0.25) is 19.3 Å². The number of rotatable bonds is 7. The van der Waals surface area contributed by atoms with Gasteiger partial charge in [-0.15, -0.1) is 10.2 Å². The summed E-state index contributed by atoms with van der Waals surface area (Å²) in [5, 5.41) is 12.4. The summed E-state index contributed by atoms with van der Waals surface area (Å²) in [6.45, 7) is 10.3. The molecule has 2 heterocycles. The van der Waals surface area contributed by atoms with Gasteiger partial charge in [-0.1, -0.05) is 46.0 Å². The molecule has 2 bridgehead atoms. The number of imide groups is 1. The predicted octanol–water partition coefficient (Wildman–Crippen LogP) is 3.58. The number of nitrogens with zero attached hydrogens (tertiary/aromatic N) is 3. The van der Waals surface area contributed by atoms with E-state index in [2.05, 4.69) is 29.4 Å². The fourth-order valence-corrected chi connectivity index (χ4v) is 5.62. The summed E-state index contributed by atoms with van der Waals surface area (Å²) in [4.78, 5) is 39.5. The molecule has 2 atom stereocenters. The smallest absolute Gasteiger partial charge is 0.235 e. The Morgan fingerprint density at radius 1 is 1.25 bits per heavy atom. The van der Waals surface area contributed by atoms with Crippen molar-refractivity contribution < 1.29 is 14.4 Å². The Labute approximate surface area is 170 Å². The molecule has 1 aliphatic heterocycles. The van der Waals surface area contributed by atoms with Gasteiger partial charge in [0.2, 0.25) is 22.9 Å². The molecule has 8 heteroatoms. The maximum absolute atomic E-state index is 13.0. The lowest BCUT2D eigenvalue weighted by atomic mass is 9.62. The molecule has 0 spiro atoms. The highest BCUT2D eigenvalue weighted by Crippen LogP contribution is 2.60. The molecule has 1 aromatic heterocycles. The third kappa shape index (κ3) is 3.25. The van der Waals surface area contributed by atoms with Crippen LogP contribution >= 0.6 is 11.3 Å². The SMILES string of the molecule is CCC(CC)c1nnc(NC(=O)CCN2C(=O)C3CCC(C)(C2=O)C3(C)C)s1. The van der Waals surface area contributed by atoms with Gasteiger partial charge >= 0.3 is 0 Å². The number of aromatic nitrogens is 2. The van der Waals surface area contributed by atoms with Gasteiger partial charge in [0.15, 0.2) is 0 Å². The summed E-state index contributed by atoms with van der Waals surface area (Å²) in [6, 6.07) is 0. The van der Waals surface area contributed by atoms with Crippen molar-refractivity contribution in [3.05, 3.63) is 5.01 Å². The molecule has 2 unspecified atom stereocenters. The van der Waals surface area contributed by atoms with Gasteiger partial charge in [0.05, 0.1) is 5.41 Å². The monoisotopic (exact) mass is 406 g/mol. The van der Waals surface area contributed by atoms with Crippen LogP contribution in [0.2, 0.25) is 0 Å². The average Bonchev–Trinajstić information content (AvgIpc) is 3.16. The van der Waals surface area contributed by atoms with Gasteiger partial charge in [0.25, 0.3) is 0 Å². The molecule has 1 aliphatic carbocycles. The van der Waals surface area contributed by atoms with E-state index in [0.717, 1.165) is 30.7 Å². The standard InChI is InChI=1S/C20H30N4O3S/c1-6-12(7-2)15-22-23-18(28-15)21-14(25)9-11-24-16(26)13-8-10-20(5,17(24)27)19(13,3)4/h12-13H,6-11H2,1-5H3,(H,21,23,25). The summed E-state index contributed by atoms with van der Waals surface area (Å²) in [5.41, 5.74) is -0.872. The zero-order chi connectivity index (χ0) is 20.7. The highest BCUT2D eigenvalue weighted by molar-refractivity contribution is 7.15. The van der Waals surface area contributed by atoms with Crippen LogP contribution in [0.5, 0.6) is 0 Å². The predicted molar refractivity (Wildman–Crippen MR) is 108 cm³/mol. The van der Waals surface area contributed by atoms with Gasteiger partial charge in [-0.25, -0.2) is 0 Å². The number of carbonyl (C=O) groups excluding carboxylic acids is 3. The molecular formula is C20H30N4O3S. The molecule has 7 nitrogen and oxygen atoms in total. The molecule has 154 valence electrons. The van der Waals surface area contributed by atoms with Gasteiger partial charge in [0, 0.05) is 24.8 Å². The van der Waals surface area contributed by atoms with Crippen LogP contribution in [0.15, 0.2) is 0 Å². The number of carbonyl (C=O) groups is 3. The fourth-order valence-electron chi connectivity index (χ4n) is 4.60. The second kappa shape index (κ2) is 7.54. The lowest BCUT2D eigenvalue weighted by Gasteiger charge is -2.47. The summed E-state index contributed by atoms with van der Waals surface area (Å²) in [5.74, 6) is -0.328. The van der Waals surface area contributed by atoms with Gasteiger partial charge in [0.1, 0.15) is 5.01 Å². The van der Waals surface area contributed by atoms with E-state index in [0.29, 0.717) is 11.0 Å². The third-order valence-electron chi connectivity index (χ3n) is 7.09. The van der Waals surface area contributed by atoms with Crippen molar-refractivity contribution in [2.45, 2.75) is 72.6 Å². The van der Waals surface area contributed by atoms with E-state index in [9.17, 15) is 14.4 Å². The first kappa shape index (κ1) is 20.9. The van der Waals surface area contributed by atoms with E-state index in [-0.39, 0.29) is 42.0 Å². The molecule has 3 rings (SSSR count). The maximum Gasteiger partial charge on any atom is 0.235 e. The van der Waals surface area contributed by atoms with E-state index in [1.807, 2.05) is 20.8 Å². The van der Waals surface area contributed by atoms with E-state index in [1.165, 1.54) is 16.2 Å². The lowest BCUT2D eigenvalue weighted by Crippen LogP contribution is -2.59. The van der Waals surface area contributed by atoms with Gasteiger partial charge in [-0.2, -0.15) is 0 Å². The lowest BCUT2D eigenvalue weighted by molar-refractivity contribution is -0.167. The van der Waals surface area contributed by atoms with Crippen LogP contribution < -0.4 is 5.32 Å². The zero-order valence-corrected chi connectivity index (χ0v) is 18.2. The van der Waals surface area contributed by atoms with Crippen LogP contribution in [0.1, 0.15) is 77.6 Å². The van der Waals surface area contributed by atoms with Crippen LogP contribution in [0.25, 0.3) is 0 Å². The van der Waals surface area contributed by atoms with Gasteiger partial charge < -0.3 is 5.32 Å². The zero-order valence-electron chi connectivity index (χ0n) is 17.4. The molecule has 1 N–H and O–H groups in total. The minimum Gasteiger partial charge on any atom is -0.300 e. The number of hydrogen-bond donors (Lipinski definition) is 1. The minimum absolute atomic E-state index is 0.0700. The summed E-state index contributed by atoms with van der Waals surface area (Å²) < 4.78 is 0. The second-order valence-electron chi connectivity index (χ2n) is 8.70. The highest BCUT2D eigenvalue weighted by atomic mass is 32.1. The average molecular weight is 407 g/mol. The van der Waals surface area contributed by atoms with Crippen molar-refractivity contribution in [1.29, 1.82) is 0 Å². The molecule has 0 radical (unpaired) electrons. The minimum atomic E-state index is -0.536. The number of nitrogens with one attached hydrogen (secondary N) is 1. The first-order chi connectivity index (χ1) is 13.2. The number of piperidine rings is 1. The summed E-state index contributed by atoms with van der Waals surface area (Å²) in [7, 11) is 0. The largest absolute Gasteiger partial charge is 0.300 e. The number of amides is 3. The second-order valence-corrected chi connectivity index (χ2v) is 9.71. The Kier molecular flexibility index (Phi) is 5.62. The number of fused-ring (bicyclic) bond motifs is 2. The molecule has 1 saturated heterocycles. The Balaban J connectivity index is 1.61. The summed E-state index contributed by atoms with van der Waals surface area (Å²) in [6.07, 6.45) is 3.49. The van der Waals surface area contributed by atoms with Crippen LogP contribution in [-0.2, 0) is 14.4 Å². The highest BCUT2D eigenvalue weighted by Gasteiger charge is 2.64. The third-order valence-corrected chi connectivity index (χ3v) is 8.09. The molecule has 1 saturated carbocycles. The Morgan fingerprint density at radius 2 is 1.93 bits per heavy atom. The fraction of sp³-hybridized carbons (Fsp3) is 0.750. The number of likely N-dealkylation sites (tertiary alicyclic amines) is 1. The molecule has 1 aromatic rings. The number of anilines is 1. The van der Waals surface area contributed by atoms with Crippen molar-refractivity contribution in [1.82, 2.24) is 15.1 Å². The number of hydrogen-bond acceptors (Lipinski definition) is 6. The Morgan fingerprint density at radius 3 is 2.57 bits per heavy atom. The summed E-state index contributed by atoms with van der Waals surface area (Å²) >= 11 is 1.39. The van der Waals surface area contributed by atoms with Crippen LogP contribution in [0.4, 0.5) is 5.13 Å².